The Morgan fingerprint density at radius 2 is 1.86 bits per heavy atom. The average molecular weight is 289 g/mol. The molecule has 0 aliphatic heterocycles. The van der Waals surface area contributed by atoms with Gasteiger partial charge in [0.25, 0.3) is 0 Å². The van der Waals surface area contributed by atoms with E-state index in [1.165, 1.54) is 12.1 Å². The molecule has 2 nitrogen and oxygen atoms in total. The third-order valence-electron chi connectivity index (χ3n) is 3.33. The predicted octanol–water partition coefficient (Wildman–Crippen LogP) is 3.15. The highest BCUT2D eigenvalue weighted by Gasteiger charge is 2.14. The van der Waals surface area contributed by atoms with Crippen molar-refractivity contribution < 1.29 is 13.6 Å². The summed E-state index contributed by atoms with van der Waals surface area (Å²) in [5.41, 5.74) is 1.74. The van der Waals surface area contributed by atoms with Gasteiger partial charge in [0, 0.05) is 18.1 Å². The van der Waals surface area contributed by atoms with Crippen molar-refractivity contribution in [1.29, 1.82) is 0 Å². The highest BCUT2D eigenvalue weighted by Crippen LogP contribution is 2.16. The van der Waals surface area contributed by atoms with Gasteiger partial charge >= 0.3 is 0 Å². The van der Waals surface area contributed by atoms with Gasteiger partial charge in [0.15, 0.2) is 5.78 Å². The lowest BCUT2D eigenvalue weighted by Crippen LogP contribution is -2.14. The quantitative estimate of drug-likeness (QED) is 0.828. The zero-order valence-electron chi connectivity index (χ0n) is 11.8. The van der Waals surface area contributed by atoms with Crippen molar-refractivity contribution in [1.82, 2.24) is 5.32 Å². The molecule has 0 amide bonds. The summed E-state index contributed by atoms with van der Waals surface area (Å²) in [4.78, 5) is 12.4. The van der Waals surface area contributed by atoms with Gasteiger partial charge in [0.2, 0.25) is 0 Å². The minimum atomic E-state index is -0.684. The number of carbonyl (C=O) groups excluding carboxylic acids is 1. The van der Waals surface area contributed by atoms with E-state index in [9.17, 15) is 13.6 Å². The maximum Gasteiger partial charge on any atom is 0.167 e. The van der Waals surface area contributed by atoms with Crippen molar-refractivity contribution in [3.8, 4) is 0 Å². The molecule has 2 aromatic carbocycles. The van der Waals surface area contributed by atoms with Crippen LogP contribution in [0.3, 0.4) is 0 Å². The molecule has 0 saturated carbocycles. The van der Waals surface area contributed by atoms with Crippen LogP contribution in [0.2, 0.25) is 0 Å². The lowest BCUT2D eigenvalue weighted by atomic mass is 9.96. The highest BCUT2D eigenvalue weighted by molar-refractivity contribution is 5.98. The molecule has 0 saturated heterocycles. The van der Waals surface area contributed by atoms with Crippen molar-refractivity contribution in [2.45, 2.75) is 12.8 Å². The molecule has 4 heteroatoms. The molecule has 0 fully saturated rings. The number of rotatable bonds is 6. The highest BCUT2D eigenvalue weighted by atomic mass is 19.1. The summed E-state index contributed by atoms with van der Waals surface area (Å²) < 4.78 is 26.5. The fourth-order valence-corrected chi connectivity index (χ4v) is 2.20. The fourth-order valence-electron chi connectivity index (χ4n) is 2.20. The monoisotopic (exact) mass is 289 g/mol. The molecule has 2 rings (SSSR count). The van der Waals surface area contributed by atoms with Gasteiger partial charge in [-0.15, -0.1) is 0 Å². The smallest absolute Gasteiger partial charge is 0.167 e. The molecule has 0 atom stereocenters. The Balaban J connectivity index is 2.20. The second-order valence-electron chi connectivity index (χ2n) is 4.85. The van der Waals surface area contributed by atoms with E-state index in [1.807, 2.05) is 19.2 Å². The van der Waals surface area contributed by atoms with Crippen molar-refractivity contribution in [3.05, 3.63) is 70.8 Å². The van der Waals surface area contributed by atoms with Gasteiger partial charge in [0.05, 0.1) is 0 Å². The van der Waals surface area contributed by atoms with Gasteiger partial charge in [-0.05, 0) is 37.2 Å². The molecule has 2 aromatic rings. The Morgan fingerprint density at radius 3 is 2.57 bits per heavy atom. The van der Waals surface area contributed by atoms with Gasteiger partial charge in [-0.25, -0.2) is 8.78 Å². The Bertz CT molecular complexity index is 640. The van der Waals surface area contributed by atoms with Crippen LogP contribution in [0.1, 0.15) is 21.5 Å². The molecule has 0 unspecified atom stereocenters. The minimum absolute atomic E-state index is 0.0668. The lowest BCUT2D eigenvalue weighted by molar-refractivity contribution is 0.0991. The van der Waals surface area contributed by atoms with Crippen LogP contribution in [0, 0.1) is 11.6 Å². The summed E-state index contributed by atoms with van der Waals surface area (Å²) in [7, 11) is 1.85. The number of hydrogen-bond donors (Lipinski definition) is 1. The number of benzene rings is 2. The van der Waals surface area contributed by atoms with E-state index >= 15 is 0 Å². The van der Waals surface area contributed by atoms with E-state index < -0.39 is 11.6 Å². The topological polar surface area (TPSA) is 29.1 Å². The molecular formula is C17H17F2NO. The van der Waals surface area contributed by atoms with Gasteiger partial charge in [0.1, 0.15) is 11.6 Å². The number of likely N-dealkylation sites (N-methyl/N-ethyl adjacent to an activating group) is 1. The first-order valence-corrected chi connectivity index (χ1v) is 6.81. The summed E-state index contributed by atoms with van der Waals surface area (Å²) in [5, 5.41) is 3.03. The van der Waals surface area contributed by atoms with E-state index in [0.29, 0.717) is 5.56 Å². The summed E-state index contributed by atoms with van der Waals surface area (Å²) >= 11 is 0. The SMILES string of the molecule is CNCCc1ccccc1C(=O)Cc1ccc(F)cc1F. The first kappa shape index (κ1) is 15.3. The molecular weight excluding hydrogens is 272 g/mol. The molecule has 0 heterocycles. The number of hydrogen-bond acceptors (Lipinski definition) is 2. The number of nitrogens with one attached hydrogen (secondary N) is 1. The molecule has 0 aliphatic carbocycles. The van der Waals surface area contributed by atoms with Gasteiger partial charge < -0.3 is 5.32 Å². The molecule has 0 aromatic heterocycles. The second kappa shape index (κ2) is 7.09. The van der Waals surface area contributed by atoms with Crippen LogP contribution in [0.15, 0.2) is 42.5 Å². The maximum absolute atomic E-state index is 13.6. The van der Waals surface area contributed by atoms with Crippen LogP contribution in [-0.2, 0) is 12.8 Å². The van der Waals surface area contributed by atoms with Crippen LogP contribution in [0.4, 0.5) is 8.78 Å². The third-order valence-corrected chi connectivity index (χ3v) is 3.33. The molecule has 1 N–H and O–H groups in total. The first-order valence-electron chi connectivity index (χ1n) is 6.81. The Labute approximate surface area is 122 Å². The predicted molar refractivity (Wildman–Crippen MR) is 78.5 cm³/mol. The normalized spacial score (nSPS) is 10.6. The largest absolute Gasteiger partial charge is 0.319 e. The van der Waals surface area contributed by atoms with Crippen LogP contribution < -0.4 is 5.32 Å². The molecule has 0 spiro atoms. The van der Waals surface area contributed by atoms with Gasteiger partial charge in [-0.3, -0.25) is 4.79 Å². The van der Waals surface area contributed by atoms with Crippen molar-refractivity contribution >= 4 is 5.78 Å². The molecule has 0 aliphatic rings. The number of halogens is 2. The van der Waals surface area contributed by atoms with E-state index in [0.717, 1.165) is 24.6 Å². The molecule has 110 valence electrons. The Hall–Kier alpha value is -2.07. The Morgan fingerprint density at radius 1 is 1.10 bits per heavy atom. The van der Waals surface area contributed by atoms with E-state index in [-0.39, 0.29) is 17.8 Å². The van der Waals surface area contributed by atoms with E-state index in [2.05, 4.69) is 5.32 Å². The minimum Gasteiger partial charge on any atom is -0.319 e. The van der Waals surface area contributed by atoms with Crippen LogP contribution in [0.5, 0.6) is 0 Å². The number of carbonyl (C=O) groups is 1. The first-order chi connectivity index (χ1) is 10.1. The summed E-state index contributed by atoms with van der Waals surface area (Å²) in [6.07, 6.45) is 0.660. The van der Waals surface area contributed by atoms with Gasteiger partial charge in [-0.1, -0.05) is 30.3 Å². The summed E-state index contributed by atoms with van der Waals surface area (Å²) in [5.74, 6) is -1.48. The fraction of sp³-hybridized carbons (Fsp3) is 0.235. The lowest BCUT2D eigenvalue weighted by Gasteiger charge is -2.09. The zero-order chi connectivity index (χ0) is 15.2. The summed E-state index contributed by atoms with van der Waals surface area (Å²) in [6, 6.07) is 10.6. The zero-order valence-corrected chi connectivity index (χ0v) is 11.8. The van der Waals surface area contributed by atoms with Crippen LogP contribution in [-0.4, -0.2) is 19.4 Å². The van der Waals surface area contributed by atoms with E-state index in [4.69, 9.17) is 0 Å². The Kier molecular flexibility index (Phi) is 5.17. The number of Topliss-reactive ketones (excluding diaryl/α,β-unsaturated/α-hetero) is 1. The average Bonchev–Trinajstić information content (AvgIpc) is 2.48. The van der Waals surface area contributed by atoms with Crippen LogP contribution in [0.25, 0.3) is 0 Å². The van der Waals surface area contributed by atoms with Crippen molar-refractivity contribution in [2.75, 3.05) is 13.6 Å². The second-order valence-corrected chi connectivity index (χ2v) is 4.85. The molecule has 0 radical (unpaired) electrons. The number of ketones is 1. The maximum atomic E-state index is 13.6. The van der Waals surface area contributed by atoms with Crippen molar-refractivity contribution in [3.63, 3.8) is 0 Å². The van der Waals surface area contributed by atoms with Crippen molar-refractivity contribution in [2.24, 2.45) is 0 Å². The van der Waals surface area contributed by atoms with Crippen LogP contribution >= 0.6 is 0 Å². The molecule has 0 bridgehead atoms. The standard InChI is InChI=1S/C17H17F2NO/c1-20-9-8-12-4-2-3-5-15(12)17(21)10-13-6-7-14(18)11-16(13)19/h2-7,11,20H,8-10H2,1H3. The molecule has 21 heavy (non-hydrogen) atoms. The van der Waals surface area contributed by atoms with E-state index in [1.54, 1.807) is 12.1 Å². The van der Waals surface area contributed by atoms with Gasteiger partial charge in [-0.2, -0.15) is 0 Å². The summed E-state index contributed by atoms with van der Waals surface area (Å²) in [6.45, 7) is 0.759. The third kappa shape index (κ3) is 3.95.